The topological polar surface area (TPSA) is 54.4 Å². The number of carboxylic acids is 1. The Balaban J connectivity index is 3.00. The van der Waals surface area contributed by atoms with Crippen molar-refractivity contribution >= 4 is 11.8 Å². The molecule has 0 radical (unpaired) electrons. The largest absolute Gasteiger partial charge is 0.481 e. The Morgan fingerprint density at radius 3 is 2.50 bits per heavy atom. The summed E-state index contributed by atoms with van der Waals surface area (Å²) in [7, 11) is 0. The minimum Gasteiger partial charge on any atom is -0.481 e. The van der Waals surface area contributed by atoms with E-state index < -0.39 is 35.4 Å². The second-order valence-corrected chi connectivity index (χ2v) is 2.62. The maximum absolute atomic E-state index is 12.9. The number of carbonyl (C=O) groups is 2. The highest BCUT2D eigenvalue weighted by atomic mass is 19.1. The molecule has 0 aliphatic carbocycles. The van der Waals surface area contributed by atoms with Gasteiger partial charge in [0.2, 0.25) is 0 Å². The van der Waals surface area contributed by atoms with Gasteiger partial charge in [-0.3, -0.25) is 9.59 Å². The molecule has 0 aromatic heterocycles. The first-order chi connectivity index (χ1) is 6.50. The molecule has 0 heterocycles. The van der Waals surface area contributed by atoms with Crippen LogP contribution in [0, 0.1) is 11.6 Å². The maximum atomic E-state index is 12.9. The molecule has 3 nitrogen and oxygen atoms in total. The van der Waals surface area contributed by atoms with Crippen molar-refractivity contribution in [1.82, 2.24) is 0 Å². The summed E-state index contributed by atoms with van der Waals surface area (Å²) >= 11 is 0. The Morgan fingerprint density at radius 2 is 1.93 bits per heavy atom. The summed E-state index contributed by atoms with van der Waals surface area (Å²) in [6.45, 7) is 0. The molecule has 0 aliphatic rings. The standard InChI is InChI=1S/C9H6F2O3/c10-5-1-2-7(11)6(3-5)8(12)4-9(13)14/h1-3H,4H2,(H,13,14). The highest BCUT2D eigenvalue weighted by Gasteiger charge is 2.15. The van der Waals surface area contributed by atoms with Gasteiger partial charge in [-0.1, -0.05) is 0 Å². The first-order valence-corrected chi connectivity index (χ1v) is 3.70. The van der Waals surface area contributed by atoms with Crippen molar-refractivity contribution in [3.63, 3.8) is 0 Å². The van der Waals surface area contributed by atoms with Crippen LogP contribution in [0.2, 0.25) is 0 Å². The molecule has 74 valence electrons. The number of ketones is 1. The van der Waals surface area contributed by atoms with E-state index in [1.54, 1.807) is 0 Å². The van der Waals surface area contributed by atoms with Gasteiger partial charge in [0.05, 0.1) is 5.56 Å². The van der Waals surface area contributed by atoms with Crippen LogP contribution in [0.15, 0.2) is 18.2 Å². The van der Waals surface area contributed by atoms with Crippen molar-refractivity contribution in [1.29, 1.82) is 0 Å². The van der Waals surface area contributed by atoms with Crippen molar-refractivity contribution < 1.29 is 23.5 Å². The van der Waals surface area contributed by atoms with Crippen LogP contribution < -0.4 is 0 Å². The Hall–Kier alpha value is -1.78. The number of hydrogen-bond acceptors (Lipinski definition) is 2. The molecule has 0 spiro atoms. The van der Waals surface area contributed by atoms with Gasteiger partial charge >= 0.3 is 5.97 Å². The highest BCUT2D eigenvalue weighted by Crippen LogP contribution is 2.11. The van der Waals surface area contributed by atoms with E-state index in [0.29, 0.717) is 6.07 Å². The summed E-state index contributed by atoms with van der Waals surface area (Å²) in [5.41, 5.74) is -0.535. The lowest BCUT2D eigenvalue weighted by Crippen LogP contribution is -2.09. The average molecular weight is 200 g/mol. The second kappa shape index (κ2) is 3.95. The number of halogens is 2. The molecule has 0 atom stereocenters. The lowest BCUT2D eigenvalue weighted by atomic mass is 10.1. The fourth-order valence-corrected chi connectivity index (χ4v) is 0.944. The molecule has 1 N–H and O–H groups in total. The van der Waals surface area contributed by atoms with Crippen molar-refractivity contribution in [2.45, 2.75) is 6.42 Å². The molecule has 1 aromatic rings. The highest BCUT2D eigenvalue weighted by molar-refractivity contribution is 6.05. The second-order valence-electron chi connectivity index (χ2n) is 2.62. The first kappa shape index (κ1) is 10.3. The van der Waals surface area contributed by atoms with Crippen LogP contribution in [0.25, 0.3) is 0 Å². The van der Waals surface area contributed by atoms with E-state index in [1.807, 2.05) is 0 Å². The third-order valence-corrected chi connectivity index (χ3v) is 1.54. The predicted molar refractivity (Wildman–Crippen MR) is 42.9 cm³/mol. The Bertz CT molecular complexity index is 388. The summed E-state index contributed by atoms with van der Waals surface area (Å²) in [4.78, 5) is 21.2. The molecule has 1 aromatic carbocycles. The molecule has 14 heavy (non-hydrogen) atoms. The third-order valence-electron chi connectivity index (χ3n) is 1.54. The number of carboxylic acid groups (broad SMARTS) is 1. The Kier molecular flexibility index (Phi) is 2.91. The predicted octanol–water partition coefficient (Wildman–Crippen LogP) is 1.62. The van der Waals surface area contributed by atoms with Crippen LogP contribution in [0.3, 0.4) is 0 Å². The van der Waals surface area contributed by atoms with Gasteiger partial charge in [0.1, 0.15) is 18.1 Å². The van der Waals surface area contributed by atoms with Crippen LogP contribution in [0.4, 0.5) is 8.78 Å². The fourth-order valence-electron chi connectivity index (χ4n) is 0.944. The van der Waals surface area contributed by atoms with Gasteiger partial charge in [0.15, 0.2) is 5.78 Å². The van der Waals surface area contributed by atoms with Crippen molar-refractivity contribution in [3.8, 4) is 0 Å². The smallest absolute Gasteiger partial charge is 0.311 e. The summed E-state index contributed by atoms with van der Waals surface area (Å²) in [6.07, 6.45) is -0.847. The molecule has 0 bridgehead atoms. The van der Waals surface area contributed by atoms with Crippen LogP contribution in [-0.2, 0) is 4.79 Å². The fraction of sp³-hybridized carbons (Fsp3) is 0.111. The number of rotatable bonds is 3. The van der Waals surface area contributed by atoms with E-state index in [2.05, 4.69) is 0 Å². The minimum atomic E-state index is -1.38. The summed E-state index contributed by atoms with van der Waals surface area (Å²) in [6, 6.07) is 2.32. The zero-order valence-corrected chi connectivity index (χ0v) is 6.96. The normalized spacial score (nSPS) is 9.86. The van der Waals surface area contributed by atoms with E-state index in [4.69, 9.17) is 5.11 Å². The molecule has 0 aliphatic heterocycles. The third kappa shape index (κ3) is 2.35. The molecular formula is C9H6F2O3. The van der Waals surface area contributed by atoms with Gasteiger partial charge in [-0.05, 0) is 18.2 Å². The molecule has 0 fully saturated rings. The van der Waals surface area contributed by atoms with E-state index in [9.17, 15) is 18.4 Å². The number of benzene rings is 1. The van der Waals surface area contributed by atoms with E-state index in [0.717, 1.165) is 12.1 Å². The van der Waals surface area contributed by atoms with Gasteiger partial charge in [0.25, 0.3) is 0 Å². The van der Waals surface area contributed by atoms with Crippen molar-refractivity contribution in [2.24, 2.45) is 0 Å². The van der Waals surface area contributed by atoms with E-state index in [-0.39, 0.29) is 0 Å². The number of aliphatic carboxylic acids is 1. The molecule has 0 amide bonds. The van der Waals surface area contributed by atoms with Gasteiger partial charge < -0.3 is 5.11 Å². The Morgan fingerprint density at radius 1 is 1.29 bits per heavy atom. The average Bonchev–Trinajstić information content (AvgIpc) is 2.08. The van der Waals surface area contributed by atoms with Crippen LogP contribution in [0.1, 0.15) is 16.8 Å². The zero-order chi connectivity index (χ0) is 10.7. The van der Waals surface area contributed by atoms with Crippen LogP contribution >= 0.6 is 0 Å². The lowest BCUT2D eigenvalue weighted by molar-refractivity contribution is -0.135. The van der Waals surface area contributed by atoms with Gasteiger partial charge in [0, 0.05) is 0 Å². The number of carbonyl (C=O) groups excluding carboxylic acids is 1. The monoisotopic (exact) mass is 200 g/mol. The molecule has 0 saturated carbocycles. The molecule has 5 heteroatoms. The van der Waals surface area contributed by atoms with Gasteiger partial charge in [-0.25, -0.2) is 8.78 Å². The van der Waals surface area contributed by atoms with E-state index in [1.165, 1.54) is 0 Å². The first-order valence-electron chi connectivity index (χ1n) is 3.70. The lowest BCUT2D eigenvalue weighted by Gasteiger charge is -1.99. The molecular weight excluding hydrogens is 194 g/mol. The van der Waals surface area contributed by atoms with Crippen molar-refractivity contribution in [2.75, 3.05) is 0 Å². The summed E-state index contributed by atoms with van der Waals surface area (Å²) < 4.78 is 25.5. The van der Waals surface area contributed by atoms with E-state index >= 15 is 0 Å². The Labute approximate surface area is 78.0 Å². The summed E-state index contributed by atoms with van der Waals surface area (Å²) in [5.74, 6) is -4.02. The minimum absolute atomic E-state index is 0.535. The molecule has 1 rings (SSSR count). The molecule has 0 saturated heterocycles. The SMILES string of the molecule is O=C(O)CC(=O)c1cc(F)ccc1F. The summed E-state index contributed by atoms with van der Waals surface area (Å²) in [5, 5.41) is 8.27. The van der Waals surface area contributed by atoms with Crippen LogP contribution in [-0.4, -0.2) is 16.9 Å². The zero-order valence-electron chi connectivity index (χ0n) is 6.96. The maximum Gasteiger partial charge on any atom is 0.311 e. The number of hydrogen-bond donors (Lipinski definition) is 1. The number of Topliss-reactive ketones (excluding diaryl/α,β-unsaturated/α-hetero) is 1. The molecule has 0 unspecified atom stereocenters. The van der Waals surface area contributed by atoms with Gasteiger partial charge in [-0.15, -0.1) is 0 Å². The van der Waals surface area contributed by atoms with Gasteiger partial charge in [-0.2, -0.15) is 0 Å². The quantitative estimate of drug-likeness (QED) is 0.595. The van der Waals surface area contributed by atoms with Crippen LogP contribution in [0.5, 0.6) is 0 Å². The van der Waals surface area contributed by atoms with Crippen molar-refractivity contribution in [3.05, 3.63) is 35.4 Å².